The summed E-state index contributed by atoms with van der Waals surface area (Å²) in [5, 5.41) is 13.0. The highest BCUT2D eigenvalue weighted by Crippen LogP contribution is 2.22. The van der Waals surface area contributed by atoms with Crippen LogP contribution in [0.2, 0.25) is 0 Å². The molecule has 0 radical (unpaired) electrons. The number of nitrogens with one attached hydrogen (secondary N) is 1. The van der Waals surface area contributed by atoms with Crippen molar-refractivity contribution in [1.29, 1.82) is 0 Å². The van der Waals surface area contributed by atoms with Crippen molar-refractivity contribution < 1.29 is 23.8 Å². The summed E-state index contributed by atoms with van der Waals surface area (Å²) in [7, 11) is 0. The number of amides is 2. The summed E-state index contributed by atoms with van der Waals surface area (Å²) in [6.07, 6.45) is 0. The van der Waals surface area contributed by atoms with Gasteiger partial charge < -0.3 is 29.4 Å². The zero-order valence-electron chi connectivity index (χ0n) is 18.9. The lowest BCUT2D eigenvalue weighted by Crippen LogP contribution is -2.56. The van der Waals surface area contributed by atoms with Crippen molar-refractivity contribution in [2.75, 3.05) is 44.3 Å². The van der Waals surface area contributed by atoms with Crippen LogP contribution in [0.25, 0.3) is 11.0 Å². The van der Waals surface area contributed by atoms with Crippen LogP contribution in [0.4, 0.5) is 5.69 Å². The van der Waals surface area contributed by atoms with E-state index in [4.69, 9.17) is 9.15 Å². The summed E-state index contributed by atoms with van der Waals surface area (Å²) >= 11 is 0. The highest BCUT2D eigenvalue weighted by Gasteiger charge is 2.28. The van der Waals surface area contributed by atoms with Crippen LogP contribution in [0.1, 0.15) is 5.56 Å². The van der Waals surface area contributed by atoms with Crippen molar-refractivity contribution in [3.8, 4) is 5.75 Å². The average Bonchev–Trinajstić information content (AvgIpc) is 2.86. The molecule has 0 saturated carbocycles. The Morgan fingerprint density at radius 1 is 1.09 bits per heavy atom. The van der Waals surface area contributed by atoms with E-state index in [1.807, 2.05) is 30.3 Å². The Labute approximate surface area is 196 Å². The molecule has 178 valence electrons. The van der Waals surface area contributed by atoms with E-state index < -0.39 is 24.2 Å². The van der Waals surface area contributed by atoms with E-state index in [0.29, 0.717) is 37.5 Å². The number of carbonyl (C=O) groups excluding carboxylic acids is 2. The van der Waals surface area contributed by atoms with Crippen LogP contribution >= 0.6 is 0 Å². The molecule has 1 unspecified atom stereocenters. The standard InChI is InChI=1S/C25H27N3O6/c1-17-13-24(31)34-22-14-19(7-8-20(17)22)33-16-23(30)26-21(15-29)25(32)28-11-9-27(10-12-28)18-5-3-2-4-6-18/h2-8,13-14,21,29H,9-12,15-16H2,1H3,(H,26,30). The van der Waals surface area contributed by atoms with E-state index in [9.17, 15) is 19.5 Å². The van der Waals surface area contributed by atoms with Gasteiger partial charge in [0.15, 0.2) is 6.61 Å². The Kier molecular flexibility index (Phi) is 7.12. The minimum absolute atomic E-state index is 0.327. The van der Waals surface area contributed by atoms with Crippen LogP contribution < -0.4 is 20.6 Å². The lowest BCUT2D eigenvalue weighted by atomic mass is 10.1. The number of hydrogen-bond donors (Lipinski definition) is 2. The Morgan fingerprint density at radius 3 is 2.53 bits per heavy atom. The van der Waals surface area contributed by atoms with Gasteiger partial charge >= 0.3 is 5.63 Å². The van der Waals surface area contributed by atoms with Gasteiger partial charge in [-0.15, -0.1) is 0 Å². The molecular formula is C25H27N3O6. The maximum Gasteiger partial charge on any atom is 0.336 e. The summed E-state index contributed by atoms with van der Waals surface area (Å²) in [6.45, 7) is 3.28. The number of aliphatic hydroxyl groups excluding tert-OH is 1. The molecule has 0 bridgehead atoms. The molecule has 2 aromatic carbocycles. The molecule has 9 nitrogen and oxygen atoms in total. The largest absolute Gasteiger partial charge is 0.484 e. The normalized spacial score (nSPS) is 14.6. The van der Waals surface area contributed by atoms with Gasteiger partial charge in [0.05, 0.1) is 6.61 Å². The van der Waals surface area contributed by atoms with Crippen molar-refractivity contribution >= 4 is 28.5 Å². The lowest BCUT2D eigenvalue weighted by molar-refractivity contribution is -0.138. The van der Waals surface area contributed by atoms with Crippen molar-refractivity contribution in [1.82, 2.24) is 10.2 Å². The second kappa shape index (κ2) is 10.4. The third-order valence-corrected chi connectivity index (χ3v) is 5.82. The summed E-state index contributed by atoms with van der Waals surface area (Å²) in [6, 6.07) is 15.3. The Hall–Kier alpha value is -3.85. The van der Waals surface area contributed by atoms with Crippen molar-refractivity contribution in [2.24, 2.45) is 0 Å². The molecule has 34 heavy (non-hydrogen) atoms. The number of rotatable bonds is 7. The van der Waals surface area contributed by atoms with Crippen molar-refractivity contribution in [3.63, 3.8) is 0 Å². The van der Waals surface area contributed by atoms with Crippen LogP contribution in [0.5, 0.6) is 5.75 Å². The number of benzene rings is 2. The molecule has 9 heteroatoms. The monoisotopic (exact) mass is 465 g/mol. The van der Waals surface area contributed by atoms with Gasteiger partial charge in [0, 0.05) is 49.4 Å². The highest BCUT2D eigenvalue weighted by atomic mass is 16.5. The van der Waals surface area contributed by atoms with Crippen LogP contribution in [-0.2, 0) is 9.59 Å². The first-order valence-electron chi connectivity index (χ1n) is 11.1. The van der Waals surface area contributed by atoms with Crippen molar-refractivity contribution in [2.45, 2.75) is 13.0 Å². The Balaban J connectivity index is 1.30. The molecule has 0 spiro atoms. The molecule has 2 N–H and O–H groups in total. The lowest BCUT2D eigenvalue weighted by Gasteiger charge is -2.37. The number of para-hydroxylation sites is 1. The van der Waals surface area contributed by atoms with Gasteiger partial charge in [-0.25, -0.2) is 4.79 Å². The minimum Gasteiger partial charge on any atom is -0.484 e. The Morgan fingerprint density at radius 2 is 1.82 bits per heavy atom. The van der Waals surface area contributed by atoms with Crippen LogP contribution in [0.15, 0.2) is 63.8 Å². The van der Waals surface area contributed by atoms with Crippen LogP contribution in [-0.4, -0.2) is 67.3 Å². The number of hydrogen-bond acceptors (Lipinski definition) is 7. The molecule has 1 fully saturated rings. The summed E-state index contributed by atoms with van der Waals surface area (Å²) < 4.78 is 10.7. The first-order chi connectivity index (χ1) is 16.4. The summed E-state index contributed by atoms with van der Waals surface area (Å²) in [5.74, 6) is -0.520. The molecule has 1 atom stereocenters. The number of piperazine rings is 1. The molecule has 1 aliphatic rings. The third kappa shape index (κ3) is 5.37. The first-order valence-corrected chi connectivity index (χ1v) is 11.1. The fraction of sp³-hybridized carbons (Fsp3) is 0.320. The summed E-state index contributed by atoms with van der Waals surface area (Å²) in [5.41, 5.74) is 1.78. The van der Waals surface area contributed by atoms with Gasteiger partial charge in [-0.2, -0.15) is 0 Å². The van der Waals surface area contributed by atoms with Gasteiger partial charge in [0.1, 0.15) is 17.4 Å². The van der Waals surface area contributed by atoms with Crippen molar-refractivity contribution in [3.05, 3.63) is 70.6 Å². The maximum atomic E-state index is 12.8. The second-order valence-electron chi connectivity index (χ2n) is 8.15. The number of fused-ring (bicyclic) bond motifs is 1. The SMILES string of the molecule is Cc1cc(=O)oc2cc(OCC(=O)NC(CO)C(=O)N3CCN(c4ccccc4)CC3)ccc12. The van der Waals surface area contributed by atoms with E-state index in [1.165, 1.54) is 12.1 Å². The quantitative estimate of drug-likeness (QED) is 0.506. The molecule has 1 saturated heterocycles. The molecule has 1 aliphatic heterocycles. The Bertz CT molecular complexity index is 1220. The van der Waals surface area contributed by atoms with E-state index in [1.54, 1.807) is 24.0 Å². The predicted octanol–water partition coefficient (Wildman–Crippen LogP) is 1.31. The smallest absolute Gasteiger partial charge is 0.336 e. The van der Waals surface area contributed by atoms with Crippen LogP contribution in [0, 0.1) is 6.92 Å². The average molecular weight is 466 g/mol. The second-order valence-corrected chi connectivity index (χ2v) is 8.15. The summed E-state index contributed by atoms with van der Waals surface area (Å²) in [4.78, 5) is 40.7. The molecule has 4 rings (SSSR count). The van der Waals surface area contributed by atoms with E-state index in [0.717, 1.165) is 16.6 Å². The molecule has 0 aliphatic carbocycles. The fourth-order valence-electron chi connectivity index (χ4n) is 4.01. The number of carbonyl (C=O) groups is 2. The molecule has 2 heterocycles. The number of ether oxygens (including phenoxy) is 1. The van der Waals surface area contributed by atoms with E-state index in [2.05, 4.69) is 10.2 Å². The topological polar surface area (TPSA) is 112 Å². The molecule has 1 aromatic heterocycles. The van der Waals surface area contributed by atoms with Gasteiger partial charge in [0.25, 0.3) is 5.91 Å². The molecular weight excluding hydrogens is 438 g/mol. The third-order valence-electron chi connectivity index (χ3n) is 5.82. The zero-order chi connectivity index (χ0) is 24.1. The predicted molar refractivity (Wildman–Crippen MR) is 127 cm³/mol. The molecule has 3 aromatic rings. The highest BCUT2D eigenvalue weighted by molar-refractivity contribution is 5.88. The number of nitrogens with zero attached hydrogens (tertiary/aromatic N) is 2. The van der Waals surface area contributed by atoms with Gasteiger partial charge in [-0.1, -0.05) is 18.2 Å². The number of aryl methyl sites for hydroxylation is 1. The van der Waals surface area contributed by atoms with Gasteiger partial charge in [-0.3, -0.25) is 9.59 Å². The van der Waals surface area contributed by atoms with Crippen LogP contribution in [0.3, 0.4) is 0 Å². The minimum atomic E-state index is -1.04. The van der Waals surface area contributed by atoms with Gasteiger partial charge in [-0.05, 0) is 36.8 Å². The maximum absolute atomic E-state index is 12.8. The van der Waals surface area contributed by atoms with Gasteiger partial charge in [0.2, 0.25) is 5.91 Å². The van der Waals surface area contributed by atoms with E-state index in [-0.39, 0.29) is 12.5 Å². The fourth-order valence-corrected chi connectivity index (χ4v) is 4.01. The number of anilines is 1. The zero-order valence-corrected chi connectivity index (χ0v) is 18.9. The van der Waals surface area contributed by atoms with E-state index >= 15 is 0 Å². The molecule has 2 amide bonds. The number of aliphatic hydroxyl groups is 1. The first kappa shape index (κ1) is 23.3.